The molecule has 8 heteroatoms. The number of halogens is 3. The summed E-state index contributed by atoms with van der Waals surface area (Å²) in [4.78, 5) is 31.5. The Balaban J connectivity index is 1.41. The van der Waals surface area contributed by atoms with Crippen molar-refractivity contribution in [2.24, 2.45) is 17.8 Å². The van der Waals surface area contributed by atoms with Crippen molar-refractivity contribution in [1.82, 2.24) is 9.88 Å². The molecule has 0 spiro atoms. The van der Waals surface area contributed by atoms with Gasteiger partial charge in [0.1, 0.15) is 0 Å². The summed E-state index contributed by atoms with van der Waals surface area (Å²) in [6.45, 7) is 1.41. The Hall–Kier alpha value is -1.44. The fourth-order valence-electron chi connectivity index (χ4n) is 5.60. The fourth-order valence-corrected chi connectivity index (χ4v) is 7.10. The number of methoxy groups -OCH3 is 1. The van der Waals surface area contributed by atoms with Crippen molar-refractivity contribution in [2.45, 2.75) is 38.0 Å². The molecule has 1 aromatic heterocycles. The molecule has 33 heavy (non-hydrogen) atoms. The van der Waals surface area contributed by atoms with Crippen LogP contribution in [0, 0.1) is 17.8 Å². The number of benzene rings is 1. The molecule has 3 atom stereocenters. The molecule has 1 aromatic carbocycles. The van der Waals surface area contributed by atoms with Gasteiger partial charge in [-0.05, 0) is 88.8 Å². The lowest BCUT2D eigenvalue weighted by atomic mass is 9.76. The van der Waals surface area contributed by atoms with Gasteiger partial charge in [0.05, 0.1) is 24.6 Å². The van der Waals surface area contributed by atoms with E-state index in [0.29, 0.717) is 25.4 Å². The van der Waals surface area contributed by atoms with Gasteiger partial charge in [0.15, 0.2) is 0 Å². The third-order valence-corrected chi connectivity index (χ3v) is 8.66. The van der Waals surface area contributed by atoms with Crippen LogP contribution in [0.5, 0.6) is 0 Å². The van der Waals surface area contributed by atoms with E-state index in [-0.39, 0.29) is 29.6 Å². The molecule has 0 N–H and O–H groups in total. The highest BCUT2D eigenvalue weighted by molar-refractivity contribution is 9.10. The monoisotopic (exact) mass is 594 g/mol. The Morgan fingerprint density at radius 2 is 1.82 bits per heavy atom. The largest absolute Gasteiger partial charge is 0.469 e. The number of hydrogen-bond donors (Lipinski definition) is 0. The van der Waals surface area contributed by atoms with Gasteiger partial charge in [-0.2, -0.15) is 0 Å². The molecule has 174 valence electrons. The van der Waals surface area contributed by atoms with Gasteiger partial charge in [-0.3, -0.25) is 14.6 Å². The second-order valence-corrected chi connectivity index (χ2v) is 11.5. The summed E-state index contributed by atoms with van der Waals surface area (Å²) in [5.41, 5.74) is 4.96. The molecule has 1 amide bonds. The zero-order chi connectivity index (χ0) is 23.3. The molecule has 5 rings (SSSR count). The van der Waals surface area contributed by atoms with Crippen LogP contribution >= 0.6 is 43.5 Å². The number of esters is 1. The highest BCUT2D eigenvalue weighted by Crippen LogP contribution is 2.47. The summed E-state index contributed by atoms with van der Waals surface area (Å²) < 4.78 is 6.84. The van der Waals surface area contributed by atoms with Crippen LogP contribution in [0.1, 0.15) is 47.6 Å². The maximum atomic E-state index is 12.9. The molecule has 2 aliphatic carbocycles. The van der Waals surface area contributed by atoms with Crippen LogP contribution in [-0.2, 0) is 27.2 Å². The Bertz CT molecular complexity index is 1120. The number of aryl methyl sites for hydroxylation is 2. The van der Waals surface area contributed by atoms with Gasteiger partial charge < -0.3 is 9.64 Å². The first-order valence-corrected chi connectivity index (χ1v) is 13.3. The number of rotatable bonds is 3. The lowest BCUT2D eigenvalue weighted by Crippen LogP contribution is -2.41. The van der Waals surface area contributed by atoms with Crippen molar-refractivity contribution in [1.29, 1.82) is 0 Å². The van der Waals surface area contributed by atoms with Crippen LogP contribution < -0.4 is 0 Å². The number of carbonyl (C=O) groups excluding carboxylic acids is 2. The van der Waals surface area contributed by atoms with Crippen LogP contribution in [0.4, 0.5) is 0 Å². The molecule has 2 heterocycles. The summed E-state index contributed by atoms with van der Waals surface area (Å²) in [5, 5.41) is 0.740. The molecular formula is C25H25Br2ClN2O3. The van der Waals surface area contributed by atoms with Gasteiger partial charge in [0.2, 0.25) is 5.91 Å². The number of piperidine rings is 1. The van der Waals surface area contributed by atoms with Crippen molar-refractivity contribution in [3.05, 3.63) is 60.7 Å². The first-order chi connectivity index (χ1) is 15.9. The Kier molecular flexibility index (Phi) is 6.57. The predicted molar refractivity (Wildman–Crippen MR) is 133 cm³/mol. The van der Waals surface area contributed by atoms with Gasteiger partial charge in [0.25, 0.3) is 0 Å². The van der Waals surface area contributed by atoms with Crippen molar-refractivity contribution in [3.63, 3.8) is 0 Å². The fraction of sp³-hybridized carbons (Fsp3) is 0.480. The molecule has 1 saturated carbocycles. The molecule has 0 bridgehead atoms. The number of likely N-dealkylation sites (tertiary alicyclic amines) is 1. The number of amides is 1. The average Bonchev–Trinajstić information content (AvgIpc) is 3.61. The van der Waals surface area contributed by atoms with Crippen LogP contribution in [0.2, 0.25) is 5.02 Å². The van der Waals surface area contributed by atoms with Crippen molar-refractivity contribution < 1.29 is 14.3 Å². The van der Waals surface area contributed by atoms with E-state index >= 15 is 0 Å². The van der Waals surface area contributed by atoms with Crippen LogP contribution in [-0.4, -0.2) is 42.0 Å². The summed E-state index contributed by atoms with van der Waals surface area (Å²) in [7, 11) is 1.38. The van der Waals surface area contributed by atoms with E-state index in [4.69, 9.17) is 21.3 Å². The van der Waals surface area contributed by atoms with E-state index in [1.54, 1.807) is 0 Å². The first-order valence-electron chi connectivity index (χ1n) is 11.4. The normalized spacial score (nSPS) is 24.5. The summed E-state index contributed by atoms with van der Waals surface area (Å²) in [5.74, 6) is -0.117. The molecule has 2 aromatic rings. The summed E-state index contributed by atoms with van der Waals surface area (Å²) >= 11 is 13.8. The summed E-state index contributed by atoms with van der Waals surface area (Å²) in [6, 6.07) is 6.26. The van der Waals surface area contributed by atoms with E-state index in [1.807, 2.05) is 17.2 Å². The molecule has 3 aliphatic rings. The lowest BCUT2D eigenvalue weighted by Gasteiger charge is -2.37. The van der Waals surface area contributed by atoms with Crippen molar-refractivity contribution >= 4 is 55.3 Å². The molecule has 5 nitrogen and oxygen atoms in total. The Morgan fingerprint density at radius 1 is 1.09 bits per heavy atom. The number of ether oxygens (including phenoxy) is 1. The third-order valence-electron chi connectivity index (χ3n) is 7.35. The minimum Gasteiger partial charge on any atom is -0.469 e. The second-order valence-electron chi connectivity index (χ2n) is 9.27. The minimum absolute atomic E-state index is 0.0977. The van der Waals surface area contributed by atoms with Crippen LogP contribution in [0.25, 0.3) is 0 Å². The number of fused-ring (bicyclic) bond motifs is 2. The molecule has 2 fully saturated rings. The molecule has 0 unspecified atom stereocenters. The number of hydrogen-bond acceptors (Lipinski definition) is 4. The second kappa shape index (κ2) is 9.31. The number of carbonyl (C=O) groups is 2. The van der Waals surface area contributed by atoms with Gasteiger partial charge in [-0.25, -0.2) is 0 Å². The van der Waals surface area contributed by atoms with Gasteiger partial charge >= 0.3 is 5.97 Å². The Morgan fingerprint density at radius 3 is 2.55 bits per heavy atom. The highest BCUT2D eigenvalue weighted by Gasteiger charge is 2.51. The predicted octanol–water partition coefficient (Wildman–Crippen LogP) is 5.54. The van der Waals surface area contributed by atoms with Crippen molar-refractivity contribution in [3.8, 4) is 0 Å². The standard InChI is InChI=1S/C25H25Br2ClN2O3/c1-33-25(32)19-11-18(19)24(31)30-6-4-13(5-7-30)22-21-14(9-17(28)10-20(21)27)2-3-15-8-16(26)12-29-23(15)22/h8-10,12-13,18-19,22H,2-7,11H2,1H3/t18-,19-,22+/m0/s1. The third kappa shape index (κ3) is 4.48. The zero-order valence-electron chi connectivity index (χ0n) is 18.3. The number of pyridine rings is 1. The molecular weight excluding hydrogens is 572 g/mol. The first kappa shape index (κ1) is 23.3. The average molecular weight is 597 g/mol. The maximum absolute atomic E-state index is 12.9. The molecule has 0 radical (unpaired) electrons. The van der Waals surface area contributed by atoms with E-state index in [1.165, 1.54) is 23.8 Å². The SMILES string of the molecule is COC(=O)[C@H]1C[C@@H]1C(=O)N1CCC([C@H]2c3ncc(Br)cc3CCc3cc(Cl)cc(Br)c32)CC1. The van der Waals surface area contributed by atoms with Crippen LogP contribution in [0.15, 0.2) is 33.3 Å². The van der Waals surface area contributed by atoms with Gasteiger partial charge in [-0.1, -0.05) is 27.5 Å². The molecule has 1 aliphatic heterocycles. The summed E-state index contributed by atoms with van der Waals surface area (Å²) in [6.07, 6.45) is 6.14. The van der Waals surface area contributed by atoms with E-state index < -0.39 is 0 Å². The highest BCUT2D eigenvalue weighted by atomic mass is 79.9. The van der Waals surface area contributed by atoms with E-state index in [2.05, 4.69) is 44.0 Å². The van der Waals surface area contributed by atoms with Gasteiger partial charge in [-0.15, -0.1) is 0 Å². The lowest BCUT2D eigenvalue weighted by molar-refractivity contribution is -0.145. The van der Waals surface area contributed by atoms with Gasteiger partial charge in [0, 0.05) is 39.2 Å². The van der Waals surface area contributed by atoms with Crippen molar-refractivity contribution in [2.75, 3.05) is 20.2 Å². The van der Waals surface area contributed by atoms with E-state index in [0.717, 1.165) is 45.3 Å². The van der Waals surface area contributed by atoms with E-state index in [9.17, 15) is 9.59 Å². The quantitative estimate of drug-likeness (QED) is 0.437. The Labute approximate surface area is 215 Å². The maximum Gasteiger partial charge on any atom is 0.309 e. The smallest absolute Gasteiger partial charge is 0.309 e. The number of nitrogens with zero attached hydrogens (tertiary/aromatic N) is 2. The minimum atomic E-state index is -0.268. The number of aromatic nitrogens is 1. The van der Waals surface area contributed by atoms with Crippen LogP contribution in [0.3, 0.4) is 0 Å². The molecule has 1 saturated heterocycles. The zero-order valence-corrected chi connectivity index (χ0v) is 22.2. The topological polar surface area (TPSA) is 59.5 Å².